The molecule has 0 aliphatic heterocycles. The average molecular weight is 1480 g/mol. The van der Waals surface area contributed by atoms with Crippen LogP contribution >= 0.6 is 0 Å². The van der Waals surface area contributed by atoms with E-state index < -0.39 is 0 Å². The van der Waals surface area contributed by atoms with Crippen LogP contribution in [0.3, 0.4) is 0 Å². The molecule has 0 amide bonds. The standard InChI is InChI=1S/C13H24.C11H19.C11H20.2C9H16.2C8H14.2C8H12.CH4O2.Rf/c1-9-11(2,3)10-7-8-13(9,6)12(10,4)5;1-8-10(2,3)9-5-6-11(8,4)7-9;1-8-7-9-5-6-11(8,4)10(9,2)3;2*1-6-7(2)9-4-3-8(6)5-9;4*1-6-4-7-2-3-8(6)5-7;1-3-2;/h9-10H,7-8H2,1-6H3;6,8-9H,5,7H2,1-4H3;8-9H,5-7H2,1-4H3;2*6-9H,3-5H2,1-2H3;2*6-8H,2-5H2,1H3;2*2-3,6-8H,4-5H2,1H3;2H,1H3;/q;-1;;;;;;;;;. The van der Waals surface area contributed by atoms with Crippen LogP contribution in [0.15, 0.2) is 24.3 Å². The van der Waals surface area contributed by atoms with Crippen molar-refractivity contribution in [2.24, 2.45) is 192 Å². The molecule has 0 heterocycles. The zero-order valence-electron chi connectivity index (χ0n) is 63.6. The van der Waals surface area contributed by atoms with E-state index in [1.807, 2.05) is 0 Å². The Morgan fingerprint density at radius 1 is 0.393 bits per heavy atom. The van der Waals surface area contributed by atoms with Crippen molar-refractivity contribution in [3.63, 3.8) is 0 Å². The normalized spacial score (nSPS) is 51.0. The molecular weight excluding hydrogens is 1330 g/mol. The fourth-order valence-corrected chi connectivity index (χ4v) is 26.5. The van der Waals surface area contributed by atoms with Crippen LogP contribution in [0.4, 0.5) is 0 Å². The second-order valence-electron chi connectivity index (χ2n) is 39.8. The first kappa shape index (κ1) is 73.2. The first-order chi connectivity index (χ1) is 41.1. The van der Waals surface area contributed by atoms with Crippen LogP contribution in [0.25, 0.3) is 0 Å². The van der Waals surface area contributed by atoms with Gasteiger partial charge in [0.05, 0.1) is 7.11 Å². The van der Waals surface area contributed by atoms with Crippen molar-refractivity contribution in [3.8, 4) is 0 Å². The predicted octanol–water partition coefficient (Wildman–Crippen LogP) is 25.7. The molecule has 18 aliphatic carbocycles. The van der Waals surface area contributed by atoms with Gasteiger partial charge in [0.2, 0.25) is 0 Å². The molecule has 18 rings (SSSR count). The van der Waals surface area contributed by atoms with E-state index in [4.69, 9.17) is 5.26 Å². The zero-order valence-corrected chi connectivity index (χ0v) is 70.0. The Morgan fingerprint density at radius 2 is 0.809 bits per heavy atom. The summed E-state index contributed by atoms with van der Waals surface area (Å²) >= 11 is 0. The largest absolute Gasteiger partial charge is 0.322 e. The minimum absolute atomic E-state index is 0. The molecule has 0 aromatic carbocycles. The third-order valence-corrected chi connectivity index (χ3v) is 35.3. The summed E-state index contributed by atoms with van der Waals surface area (Å²) in [7, 11) is 1.18. The van der Waals surface area contributed by atoms with Gasteiger partial charge in [-0.1, -0.05) is 208 Å². The Labute approximate surface area is 549 Å². The van der Waals surface area contributed by atoms with E-state index >= 15 is 0 Å². The van der Waals surface area contributed by atoms with Crippen molar-refractivity contribution in [1.29, 1.82) is 0 Å². The number of fused-ring (bicyclic) bond motifs is 18. The summed E-state index contributed by atoms with van der Waals surface area (Å²) in [4.78, 5) is 3.25. The van der Waals surface area contributed by atoms with Gasteiger partial charge in [-0.2, -0.15) is 11.8 Å². The maximum Gasteiger partial charge on any atom is 0.0710 e. The predicted molar refractivity (Wildman–Crippen MR) is 380 cm³/mol. The average Bonchev–Trinajstić information content (AvgIpc) is 1.59. The minimum Gasteiger partial charge on any atom is -0.322 e. The molecule has 0 spiro atoms. The van der Waals surface area contributed by atoms with Gasteiger partial charge >= 0.3 is 0 Å². The van der Waals surface area contributed by atoms with Crippen molar-refractivity contribution in [2.75, 3.05) is 7.11 Å². The van der Waals surface area contributed by atoms with Gasteiger partial charge in [-0.05, 0) is 309 Å². The molecule has 0 aromatic rings. The van der Waals surface area contributed by atoms with Crippen molar-refractivity contribution in [2.45, 2.75) is 313 Å². The second-order valence-corrected chi connectivity index (χ2v) is 39.8. The van der Waals surface area contributed by atoms with Gasteiger partial charge in [0, 0.05) is 0 Å². The summed E-state index contributed by atoms with van der Waals surface area (Å²) in [5.41, 5.74) is 4.20. The number of rotatable bonds is 0. The van der Waals surface area contributed by atoms with Crippen molar-refractivity contribution in [1.82, 2.24) is 0 Å². The Kier molecular flexibility index (Phi) is 23.2. The number of hydrogen-bond acceptors (Lipinski definition) is 2. The van der Waals surface area contributed by atoms with Gasteiger partial charge in [0.25, 0.3) is 0 Å². The fourth-order valence-electron chi connectivity index (χ4n) is 26.5. The molecule has 0 saturated heterocycles. The molecule has 2 nitrogen and oxygen atoms in total. The van der Waals surface area contributed by atoms with Crippen LogP contribution < -0.4 is 0 Å². The van der Waals surface area contributed by atoms with Crippen molar-refractivity contribution < 1.29 is 10.1 Å². The van der Waals surface area contributed by atoms with Gasteiger partial charge in [-0.15, -0.1) is 0 Å². The van der Waals surface area contributed by atoms with Gasteiger partial charge in [0.1, 0.15) is 0 Å². The molecule has 0 radical (unpaired) electrons. The molecule has 1 N–H and O–H groups in total. The fraction of sp³-hybridized carbons (Fsp3) is 0.942. The van der Waals surface area contributed by atoms with Gasteiger partial charge in [-0.3, -0.25) is 5.26 Å². The topological polar surface area (TPSA) is 29.5 Å². The van der Waals surface area contributed by atoms with Gasteiger partial charge in [0.15, 0.2) is 0 Å². The molecule has 29 atom stereocenters. The number of allylic oxidation sites excluding steroid dienone is 4. The Morgan fingerprint density at radius 3 is 0.966 bits per heavy atom. The molecule has 89 heavy (non-hydrogen) atoms. The first-order valence-electron chi connectivity index (χ1n) is 39.5. The molecule has 16 fully saturated rings. The maximum atomic E-state index is 7.07. The quantitative estimate of drug-likeness (QED) is 0.113. The third-order valence-electron chi connectivity index (χ3n) is 35.3. The summed E-state index contributed by atoms with van der Waals surface area (Å²) in [6.45, 7) is 53.9. The smallest absolute Gasteiger partial charge is 0.0710 e. The van der Waals surface area contributed by atoms with Crippen LogP contribution in [0.2, 0.25) is 0 Å². The van der Waals surface area contributed by atoms with Crippen molar-refractivity contribution in [3.05, 3.63) is 30.7 Å². The molecule has 0 aromatic heterocycles. The summed E-state index contributed by atoms with van der Waals surface area (Å²) in [6, 6.07) is 0. The zero-order chi connectivity index (χ0) is 64.4. The Hall–Kier alpha value is -1.60. The summed E-state index contributed by atoms with van der Waals surface area (Å²) < 4.78 is 0. The second kappa shape index (κ2) is 28.2. The van der Waals surface area contributed by atoms with Crippen LogP contribution in [0, 0.1) is 198 Å². The molecule has 29 unspecified atom stereocenters. The maximum absolute atomic E-state index is 7.07. The minimum atomic E-state index is 0. The number of hydrogen-bond donors (Lipinski definition) is 1. The van der Waals surface area contributed by atoms with E-state index in [1.165, 1.54) is 103 Å². The van der Waals surface area contributed by atoms with E-state index in [9.17, 15) is 0 Å². The molecule has 18 aliphatic rings. The monoisotopic (exact) mass is 1480 g/mol. The van der Waals surface area contributed by atoms with Crippen LogP contribution in [-0.2, 0) is 4.89 Å². The Bertz CT molecular complexity index is 2160. The third kappa shape index (κ3) is 14.3. The van der Waals surface area contributed by atoms with E-state index in [1.54, 1.807) is 64.2 Å². The van der Waals surface area contributed by atoms with Crippen LogP contribution in [-0.4, -0.2) is 12.4 Å². The summed E-state index contributed by atoms with van der Waals surface area (Å²) in [5, 5.41) is 7.07. The van der Waals surface area contributed by atoms with E-state index in [-0.39, 0.29) is 0 Å². The van der Waals surface area contributed by atoms with Gasteiger partial charge < -0.3 is 6.42 Å². The van der Waals surface area contributed by atoms with E-state index in [0.717, 1.165) is 154 Å². The Balaban J connectivity index is 0.000000129. The molecule has 18 bridgehead atoms. The van der Waals surface area contributed by atoms with E-state index in [0.29, 0.717) is 37.9 Å². The summed E-state index contributed by atoms with van der Waals surface area (Å²) in [5.74, 6) is 26.9. The molecular formula is C86H151O2Rf-. The van der Waals surface area contributed by atoms with E-state index in [2.05, 4.69) is 188 Å². The SMILES string of the molecule is CC1C(C)(C)C2CCC1(C)C2(C)C.CC1C2(C)[CH-]CC(C2)C1(C)C.CC1C2CCC(C2)C1C.CC1C2CCC(C2)C1C.CC1CC2C=CC1C2.CC1CC2C=CC1C2.CC1CC2CCC1(C)C2(C)C.CC1CC2CCC1C2.CC1CC2CCC1C2.COO.[Rf]. The van der Waals surface area contributed by atoms with Crippen LogP contribution in [0.5, 0.6) is 0 Å². The van der Waals surface area contributed by atoms with Gasteiger partial charge in [-0.25, -0.2) is 4.89 Å². The summed E-state index contributed by atoms with van der Waals surface area (Å²) in [6.07, 6.45) is 49.9. The molecule has 510 valence electrons. The van der Waals surface area contributed by atoms with Crippen molar-refractivity contribution >= 4 is 0 Å². The molecule has 16 saturated carbocycles. The van der Waals surface area contributed by atoms with Crippen LogP contribution in [0.1, 0.15) is 313 Å². The first-order valence-corrected chi connectivity index (χ1v) is 39.5. The molecule has 3 heteroatoms.